The van der Waals surface area contributed by atoms with Crippen molar-refractivity contribution >= 4 is 33.2 Å². The van der Waals surface area contributed by atoms with Crippen molar-refractivity contribution in [2.45, 2.75) is 13.8 Å². The van der Waals surface area contributed by atoms with Crippen LogP contribution in [0.1, 0.15) is 11.4 Å². The summed E-state index contributed by atoms with van der Waals surface area (Å²) >= 11 is 9.49. The van der Waals surface area contributed by atoms with Gasteiger partial charge < -0.3 is 0 Å². The zero-order chi connectivity index (χ0) is 13.4. The first-order valence-electron chi connectivity index (χ1n) is 5.08. The maximum atomic E-state index is 10.6. The Kier molecular flexibility index (Phi) is 3.41. The highest BCUT2D eigenvalue weighted by molar-refractivity contribution is 9.10. The first kappa shape index (κ1) is 13.0. The van der Waals surface area contributed by atoms with E-state index in [0.717, 1.165) is 15.9 Å². The summed E-state index contributed by atoms with van der Waals surface area (Å²) in [5.41, 5.74) is 2.31. The Morgan fingerprint density at radius 1 is 1.44 bits per heavy atom. The standard InChI is InChI=1S/C11H9BrClN3O2/c1-6-11(12)7(2)15(14-6)10-4-3-8(16(17)18)5-9(10)13/h3-5H,1-2H3. The van der Waals surface area contributed by atoms with E-state index in [4.69, 9.17) is 11.6 Å². The molecule has 2 rings (SSSR count). The minimum Gasteiger partial charge on any atom is -0.258 e. The number of aryl methyl sites for hydroxylation is 1. The Morgan fingerprint density at radius 2 is 2.11 bits per heavy atom. The SMILES string of the molecule is Cc1nn(-c2ccc([N+](=O)[O-])cc2Cl)c(C)c1Br. The lowest BCUT2D eigenvalue weighted by molar-refractivity contribution is -0.384. The molecule has 0 N–H and O–H groups in total. The third kappa shape index (κ3) is 2.13. The van der Waals surface area contributed by atoms with Gasteiger partial charge in [0.1, 0.15) is 0 Å². The average molecular weight is 331 g/mol. The quantitative estimate of drug-likeness (QED) is 0.621. The highest BCUT2D eigenvalue weighted by Gasteiger charge is 2.15. The van der Waals surface area contributed by atoms with Gasteiger partial charge in [0.05, 0.1) is 31.5 Å². The summed E-state index contributed by atoms with van der Waals surface area (Å²) in [5, 5.41) is 15.3. The van der Waals surface area contributed by atoms with Gasteiger partial charge in [0, 0.05) is 12.1 Å². The van der Waals surface area contributed by atoms with Crippen molar-refractivity contribution in [2.75, 3.05) is 0 Å². The molecule has 0 radical (unpaired) electrons. The molecule has 18 heavy (non-hydrogen) atoms. The predicted octanol–water partition coefficient (Wildman–Crippen LogP) is 3.81. The van der Waals surface area contributed by atoms with Crippen LogP contribution in [0.5, 0.6) is 0 Å². The van der Waals surface area contributed by atoms with E-state index in [1.807, 2.05) is 13.8 Å². The molecule has 7 heteroatoms. The smallest absolute Gasteiger partial charge is 0.258 e. The number of benzene rings is 1. The van der Waals surface area contributed by atoms with E-state index in [2.05, 4.69) is 21.0 Å². The Balaban J connectivity index is 2.58. The molecule has 94 valence electrons. The summed E-state index contributed by atoms with van der Waals surface area (Å²) in [6.45, 7) is 3.76. The summed E-state index contributed by atoms with van der Waals surface area (Å²) in [7, 11) is 0. The van der Waals surface area contributed by atoms with E-state index < -0.39 is 4.92 Å². The molecule has 0 spiro atoms. The molecule has 0 bridgehead atoms. The Bertz CT molecular complexity index is 639. The molecule has 0 saturated carbocycles. The van der Waals surface area contributed by atoms with Gasteiger partial charge in [0.15, 0.2) is 0 Å². The molecular formula is C11H9BrClN3O2. The van der Waals surface area contributed by atoms with E-state index in [-0.39, 0.29) is 5.69 Å². The maximum absolute atomic E-state index is 10.6. The van der Waals surface area contributed by atoms with Crippen LogP contribution >= 0.6 is 27.5 Å². The lowest BCUT2D eigenvalue weighted by Gasteiger charge is -2.06. The second kappa shape index (κ2) is 4.70. The second-order valence-corrected chi connectivity index (χ2v) is 4.99. The van der Waals surface area contributed by atoms with Crippen molar-refractivity contribution in [3.8, 4) is 5.69 Å². The van der Waals surface area contributed by atoms with Gasteiger partial charge >= 0.3 is 0 Å². The number of aromatic nitrogens is 2. The number of rotatable bonds is 2. The van der Waals surface area contributed by atoms with E-state index in [0.29, 0.717) is 10.7 Å². The molecule has 5 nitrogen and oxygen atoms in total. The molecule has 0 saturated heterocycles. The Hall–Kier alpha value is -1.40. The van der Waals surface area contributed by atoms with E-state index in [1.165, 1.54) is 12.1 Å². The minimum atomic E-state index is -0.479. The number of hydrogen-bond donors (Lipinski definition) is 0. The third-order valence-corrected chi connectivity index (χ3v) is 4.02. The topological polar surface area (TPSA) is 61.0 Å². The molecular weight excluding hydrogens is 321 g/mol. The van der Waals surface area contributed by atoms with Gasteiger partial charge in [-0.1, -0.05) is 11.6 Å². The number of hydrogen-bond acceptors (Lipinski definition) is 3. The van der Waals surface area contributed by atoms with Crippen molar-refractivity contribution < 1.29 is 4.92 Å². The summed E-state index contributed by atoms with van der Waals surface area (Å²) in [6.07, 6.45) is 0. The first-order chi connectivity index (χ1) is 8.41. The zero-order valence-corrected chi connectivity index (χ0v) is 12.0. The number of nitro benzene ring substituents is 1. The van der Waals surface area contributed by atoms with Crippen molar-refractivity contribution in [1.82, 2.24) is 9.78 Å². The Morgan fingerprint density at radius 3 is 2.56 bits per heavy atom. The highest BCUT2D eigenvalue weighted by Crippen LogP contribution is 2.29. The van der Waals surface area contributed by atoms with Crippen LogP contribution in [0.15, 0.2) is 22.7 Å². The fraction of sp³-hybridized carbons (Fsp3) is 0.182. The van der Waals surface area contributed by atoms with Crippen LogP contribution in [0.4, 0.5) is 5.69 Å². The molecule has 0 amide bonds. The first-order valence-corrected chi connectivity index (χ1v) is 6.25. The van der Waals surface area contributed by atoms with Crippen molar-refractivity contribution in [3.63, 3.8) is 0 Å². The number of nitro groups is 1. The largest absolute Gasteiger partial charge is 0.271 e. The molecule has 2 aromatic rings. The van der Waals surface area contributed by atoms with Crippen LogP contribution < -0.4 is 0 Å². The normalized spacial score (nSPS) is 10.7. The van der Waals surface area contributed by atoms with Gasteiger partial charge in [-0.25, -0.2) is 4.68 Å². The average Bonchev–Trinajstić information content (AvgIpc) is 2.57. The van der Waals surface area contributed by atoms with Gasteiger partial charge in [-0.15, -0.1) is 0 Å². The lowest BCUT2D eigenvalue weighted by atomic mass is 10.3. The molecule has 0 fully saturated rings. The predicted molar refractivity (Wildman–Crippen MR) is 72.4 cm³/mol. The molecule has 0 unspecified atom stereocenters. The summed E-state index contributed by atoms with van der Waals surface area (Å²) in [6, 6.07) is 4.32. The van der Waals surface area contributed by atoms with E-state index >= 15 is 0 Å². The summed E-state index contributed by atoms with van der Waals surface area (Å²) < 4.78 is 2.56. The summed E-state index contributed by atoms with van der Waals surface area (Å²) in [4.78, 5) is 10.2. The molecule has 0 aliphatic carbocycles. The van der Waals surface area contributed by atoms with E-state index in [9.17, 15) is 10.1 Å². The zero-order valence-electron chi connectivity index (χ0n) is 9.65. The van der Waals surface area contributed by atoms with Crippen LogP contribution in [0.2, 0.25) is 5.02 Å². The molecule has 1 heterocycles. The van der Waals surface area contributed by atoms with Crippen LogP contribution in [0.25, 0.3) is 5.69 Å². The maximum Gasteiger partial charge on any atom is 0.271 e. The van der Waals surface area contributed by atoms with Crippen LogP contribution in [-0.2, 0) is 0 Å². The number of non-ortho nitro benzene ring substituents is 1. The fourth-order valence-electron chi connectivity index (χ4n) is 1.64. The van der Waals surface area contributed by atoms with E-state index in [1.54, 1.807) is 10.7 Å². The summed E-state index contributed by atoms with van der Waals surface area (Å²) in [5.74, 6) is 0. The Labute approximate surface area is 117 Å². The highest BCUT2D eigenvalue weighted by atomic mass is 79.9. The number of nitrogens with zero attached hydrogens (tertiary/aromatic N) is 3. The van der Waals surface area contributed by atoms with Crippen molar-refractivity contribution in [1.29, 1.82) is 0 Å². The van der Waals surface area contributed by atoms with Gasteiger partial charge in [-0.2, -0.15) is 5.10 Å². The lowest BCUT2D eigenvalue weighted by Crippen LogP contribution is -2.00. The van der Waals surface area contributed by atoms with Gasteiger partial charge in [0.25, 0.3) is 5.69 Å². The van der Waals surface area contributed by atoms with Crippen molar-refractivity contribution in [3.05, 3.63) is 49.2 Å². The molecule has 0 aliphatic rings. The minimum absolute atomic E-state index is 0.0376. The van der Waals surface area contributed by atoms with Crippen LogP contribution in [0, 0.1) is 24.0 Å². The molecule has 1 aromatic carbocycles. The molecule has 0 atom stereocenters. The van der Waals surface area contributed by atoms with Crippen LogP contribution in [0.3, 0.4) is 0 Å². The van der Waals surface area contributed by atoms with Crippen molar-refractivity contribution in [2.24, 2.45) is 0 Å². The van der Waals surface area contributed by atoms with Gasteiger partial charge in [-0.05, 0) is 35.8 Å². The van der Waals surface area contributed by atoms with Gasteiger partial charge in [0.2, 0.25) is 0 Å². The molecule has 0 aliphatic heterocycles. The fourth-order valence-corrected chi connectivity index (χ4v) is 2.14. The van der Waals surface area contributed by atoms with Gasteiger partial charge in [-0.3, -0.25) is 10.1 Å². The second-order valence-electron chi connectivity index (χ2n) is 3.79. The third-order valence-electron chi connectivity index (χ3n) is 2.57. The monoisotopic (exact) mass is 329 g/mol. The number of halogens is 2. The van der Waals surface area contributed by atoms with Crippen LogP contribution in [-0.4, -0.2) is 14.7 Å². The molecule has 1 aromatic heterocycles.